The Hall–Kier alpha value is -0.900. The second-order valence-electron chi connectivity index (χ2n) is 6.23. The van der Waals surface area contributed by atoms with Crippen LogP contribution in [0.2, 0.25) is 0 Å². The van der Waals surface area contributed by atoms with Gasteiger partial charge in [0.25, 0.3) is 0 Å². The average Bonchev–Trinajstić information content (AvgIpc) is 2.50. The zero-order valence-electron chi connectivity index (χ0n) is 13.7. The lowest BCUT2D eigenvalue weighted by Gasteiger charge is -2.39. The summed E-state index contributed by atoms with van der Waals surface area (Å²) in [5.41, 5.74) is 2.12. The molecule has 21 heavy (non-hydrogen) atoms. The van der Waals surface area contributed by atoms with Crippen molar-refractivity contribution in [1.82, 2.24) is 0 Å². The van der Waals surface area contributed by atoms with Gasteiger partial charge < -0.3 is 14.2 Å². The van der Waals surface area contributed by atoms with E-state index >= 15 is 0 Å². The largest absolute Gasteiger partial charge is 0.366 e. The van der Waals surface area contributed by atoms with Crippen LogP contribution in [0.15, 0.2) is 24.3 Å². The minimum Gasteiger partial charge on any atom is -0.366 e. The van der Waals surface area contributed by atoms with E-state index in [9.17, 15) is 0 Å². The van der Waals surface area contributed by atoms with Crippen molar-refractivity contribution >= 4 is 0 Å². The minimum absolute atomic E-state index is 0.0739. The van der Waals surface area contributed by atoms with Gasteiger partial charge in [-0.05, 0) is 37.8 Å². The first-order chi connectivity index (χ1) is 10.1. The molecule has 3 nitrogen and oxygen atoms in total. The topological polar surface area (TPSA) is 27.7 Å². The highest BCUT2D eigenvalue weighted by Crippen LogP contribution is 2.27. The van der Waals surface area contributed by atoms with Gasteiger partial charge in [0.05, 0.1) is 19.8 Å². The van der Waals surface area contributed by atoms with E-state index in [1.165, 1.54) is 11.1 Å². The highest BCUT2D eigenvalue weighted by Gasteiger charge is 2.36. The van der Waals surface area contributed by atoms with Crippen LogP contribution in [0.25, 0.3) is 0 Å². The molecule has 1 aliphatic heterocycles. The quantitative estimate of drug-likeness (QED) is 0.790. The molecule has 0 bridgehead atoms. The number of ether oxygens (including phenoxy) is 3. The Morgan fingerprint density at radius 3 is 2.38 bits per heavy atom. The number of hydrogen-bond acceptors (Lipinski definition) is 3. The van der Waals surface area contributed by atoms with Crippen molar-refractivity contribution in [2.24, 2.45) is 5.92 Å². The predicted molar refractivity (Wildman–Crippen MR) is 84.1 cm³/mol. The van der Waals surface area contributed by atoms with Crippen molar-refractivity contribution in [3.8, 4) is 0 Å². The lowest BCUT2D eigenvalue weighted by molar-refractivity contribution is -0.279. The van der Waals surface area contributed by atoms with E-state index < -0.39 is 0 Å². The van der Waals surface area contributed by atoms with Gasteiger partial charge in [-0.3, -0.25) is 0 Å². The van der Waals surface area contributed by atoms with Crippen LogP contribution in [0.4, 0.5) is 0 Å². The van der Waals surface area contributed by atoms with E-state index in [4.69, 9.17) is 14.2 Å². The summed E-state index contributed by atoms with van der Waals surface area (Å²) in [5.74, 6) is 0.478. The molecule has 1 aromatic carbocycles. The van der Waals surface area contributed by atoms with Gasteiger partial charge in [0.1, 0.15) is 5.60 Å². The Bertz CT molecular complexity index is 432. The van der Waals surface area contributed by atoms with Gasteiger partial charge in [0.2, 0.25) is 0 Å². The third-order valence-electron chi connectivity index (χ3n) is 4.38. The lowest BCUT2D eigenvalue weighted by atomic mass is 10.0. The summed E-state index contributed by atoms with van der Waals surface area (Å²) in [7, 11) is 0. The first-order valence-corrected chi connectivity index (χ1v) is 7.99. The molecule has 0 atom stereocenters. The van der Waals surface area contributed by atoms with Crippen LogP contribution in [-0.4, -0.2) is 25.1 Å². The molecule has 3 heteroatoms. The van der Waals surface area contributed by atoms with Crippen molar-refractivity contribution in [2.45, 2.75) is 59.0 Å². The molecule has 118 valence electrons. The second kappa shape index (κ2) is 7.39. The standard InChI is InChI=1S/C18H28O3/c1-5-15(6-2)17-19-12-18(4,13-20-17)21-11-16-10-8-7-9-14(16)3/h7-10,15,17H,5-6,11-13H2,1-4H3/t17-,18+. The lowest BCUT2D eigenvalue weighted by Crippen LogP contribution is -2.48. The maximum atomic E-state index is 6.08. The first kappa shape index (κ1) is 16.5. The second-order valence-corrected chi connectivity index (χ2v) is 6.23. The molecule has 0 N–H and O–H groups in total. The van der Waals surface area contributed by atoms with E-state index in [-0.39, 0.29) is 11.9 Å². The third-order valence-corrected chi connectivity index (χ3v) is 4.38. The summed E-state index contributed by atoms with van der Waals surface area (Å²) in [6.07, 6.45) is 2.10. The number of hydrogen-bond donors (Lipinski definition) is 0. The molecule has 1 aliphatic rings. The van der Waals surface area contributed by atoms with E-state index in [2.05, 4.69) is 39.8 Å². The number of rotatable bonds is 6. The van der Waals surface area contributed by atoms with Crippen molar-refractivity contribution < 1.29 is 14.2 Å². The Balaban J connectivity index is 1.86. The van der Waals surface area contributed by atoms with Crippen LogP contribution in [0.1, 0.15) is 44.7 Å². The van der Waals surface area contributed by atoms with E-state index in [0.29, 0.717) is 25.7 Å². The Morgan fingerprint density at radius 2 is 1.81 bits per heavy atom. The van der Waals surface area contributed by atoms with Gasteiger partial charge in [-0.2, -0.15) is 0 Å². The smallest absolute Gasteiger partial charge is 0.160 e. The summed E-state index contributed by atoms with van der Waals surface area (Å²) in [6.45, 7) is 10.3. The molecule has 0 unspecified atom stereocenters. The van der Waals surface area contributed by atoms with E-state index in [0.717, 1.165) is 12.8 Å². The monoisotopic (exact) mass is 292 g/mol. The van der Waals surface area contributed by atoms with Crippen LogP contribution in [0.3, 0.4) is 0 Å². The normalized spacial score (nSPS) is 26.2. The molecule has 0 radical (unpaired) electrons. The predicted octanol–water partition coefficient (Wildman–Crippen LogP) is 4.08. The molecule has 0 spiro atoms. The summed E-state index contributed by atoms with van der Waals surface area (Å²) < 4.78 is 17.9. The summed E-state index contributed by atoms with van der Waals surface area (Å²) in [4.78, 5) is 0. The average molecular weight is 292 g/mol. The fourth-order valence-corrected chi connectivity index (χ4v) is 2.66. The van der Waals surface area contributed by atoms with Gasteiger partial charge in [-0.25, -0.2) is 0 Å². The molecular weight excluding hydrogens is 264 g/mol. The van der Waals surface area contributed by atoms with Crippen molar-refractivity contribution in [3.05, 3.63) is 35.4 Å². The van der Waals surface area contributed by atoms with Gasteiger partial charge in [-0.15, -0.1) is 0 Å². The van der Waals surface area contributed by atoms with E-state index in [1.54, 1.807) is 0 Å². The fourth-order valence-electron chi connectivity index (χ4n) is 2.66. The molecule has 0 aromatic heterocycles. The van der Waals surface area contributed by atoms with Crippen molar-refractivity contribution in [2.75, 3.05) is 13.2 Å². The highest BCUT2D eigenvalue weighted by molar-refractivity contribution is 5.24. The third kappa shape index (κ3) is 4.29. The van der Waals surface area contributed by atoms with E-state index in [1.807, 2.05) is 12.1 Å². The number of benzene rings is 1. The van der Waals surface area contributed by atoms with Gasteiger partial charge in [0, 0.05) is 5.92 Å². The van der Waals surface area contributed by atoms with Crippen LogP contribution < -0.4 is 0 Å². The Morgan fingerprint density at radius 1 is 1.19 bits per heavy atom. The van der Waals surface area contributed by atoms with Gasteiger partial charge >= 0.3 is 0 Å². The molecule has 1 saturated heterocycles. The Labute approximate surface area is 128 Å². The maximum Gasteiger partial charge on any atom is 0.160 e. The molecule has 1 fully saturated rings. The van der Waals surface area contributed by atoms with Crippen LogP contribution in [0.5, 0.6) is 0 Å². The summed E-state index contributed by atoms with van der Waals surface area (Å²) in [5, 5.41) is 0. The Kier molecular flexibility index (Phi) is 5.80. The van der Waals surface area contributed by atoms with Crippen molar-refractivity contribution in [1.29, 1.82) is 0 Å². The summed E-state index contributed by atoms with van der Waals surface area (Å²) in [6, 6.07) is 8.31. The first-order valence-electron chi connectivity index (χ1n) is 7.99. The summed E-state index contributed by atoms with van der Waals surface area (Å²) >= 11 is 0. The zero-order chi connectivity index (χ0) is 15.3. The number of aryl methyl sites for hydroxylation is 1. The molecule has 0 saturated carbocycles. The highest BCUT2D eigenvalue weighted by atomic mass is 16.7. The molecule has 2 rings (SSSR count). The zero-order valence-corrected chi connectivity index (χ0v) is 13.7. The van der Waals surface area contributed by atoms with Gasteiger partial charge in [0.15, 0.2) is 6.29 Å². The van der Waals surface area contributed by atoms with Crippen LogP contribution in [-0.2, 0) is 20.8 Å². The maximum absolute atomic E-state index is 6.08. The molecule has 0 aliphatic carbocycles. The van der Waals surface area contributed by atoms with Crippen LogP contribution >= 0.6 is 0 Å². The molecule has 1 heterocycles. The molecular formula is C18H28O3. The molecule has 0 amide bonds. The van der Waals surface area contributed by atoms with Gasteiger partial charge in [-0.1, -0.05) is 38.1 Å². The fraction of sp³-hybridized carbons (Fsp3) is 0.667. The SMILES string of the molecule is CCC(CC)[C@H]1OC[C@@](C)(OCc2ccccc2C)CO1. The van der Waals surface area contributed by atoms with Crippen molar-refractivity contribution in [3.63, 3.8) is 0 Å². The molecule has 1 aromatic rings. The minimum atomic E-state index is -0.356. The van der Waals surface area contributed by atoms with Crippen LogP contribution in [0, 0.1) is 12.8 Å².